The number of fused-ring (bicyclic) bond motifs is 4. The third-order valence-electron chi connectivity index (χ3n) is 9.70. The molecule has 0 aromatic carbocycles. The van der Waals surface area contributed by atoms with E-state index in [1.165, 1.54) is 6.92 Å². The van der Waals surface area contributed by atoms with Crippen LogP contribution in [0.2, 0.25) is 0 Å². The van der Waals surface area contributed by atoms with Crippen LogP contribution in [0.15, 0.2) is 11.1 Å². The normalized spacial score (nSPS) is 58.5. The molecule has 7 nitrogen and oxygen atoms in total. The maximum atomic E-state index is 12.3. The van der Waals surface area contributed by atoms with Crippen molar-refractivity contribution < 1.29 is 33.3 Å². The number of rotatable bonds is 2. The summed E-state index contributed by atoms with van der Waals surface area (Å²) in [4.78, 5) is 24.5. The number of esters is 2. The van der Waals surface area contributed by atoms with Crippen molar-refractivity contribution in [2.24, 2.45) is 23.2 Å². The first kappa shape index (κ1) is 18.2. The largest absolute Gasteiger partial charge is 0.458 e. The number of carbonyl (C=O) groups excluding carboxylic acids is 2. The Balaban J connectivity index is 1.41. The van der Waals surface area contributed by atoms with Gasteiger partial charge in [0, 0.05) is 17.9 Å². The molecule has 0 aromatic rings. The fourth-order valence-corrected chi connectivity index (χ4v) is 8.59. The summed E-state index contributed by atoms with van der Waals surface area (Å²) in [5.74, 6) is 0.0277. The fourth-order valence-electron chi connectivity index (χ4n) is 8.59. The van der Waals surface area contributed by atoms with Crippen LogP contribution in [-0.2, 0) is 33.3 Å². The minimum absolute atomic E-state index is 0.0584. The number of epoxide rings is 3. The van der Waals surface area contributed by atoms with Crippen molar-refractivity contribution in [1.82, 2.24) is 0 Å². The second kappa shape index (κ2) is 4.81. The summed E-state index contributed by atoms with van der Waals surface area (Å²) >= 11 is 0. The van der Waals surface area contributed by atoms with Crippen LogP contribution in [0.3, 0.4) is 0 Å². The topological polar surface area (TPSA) is 90.2 Å². The van der Waals surface area contributed by atoms with Crippen LogP contribution in [0.5, 0.6) is 0 Å². The maximum absolute atomic E-state index is 12.3. The minimum atomic E-state index is -0.674. The Hall–Kier alpha value is -1.44. The number of hydrogen-bond donors (Lipinski definition) is 0. The molecule has 5 fully saturated rings. The molecule has 3 saturated heterocycles. The summed E-state index contributed by atoms with van der Waals surface area (Å²) in [5.41, 5.74) is -0.00405. The van der Waals surface area contributed by atoms with E-state index in [1.54, 1.807) is 0 Å². The quantitative estimate of drug-likeness (QED) is 0.502. The van der Waals surface area contributed by atoms with Gasteiger partial charge in [0.15, 0.2) is 11.7 Å². The van der Waals surface area contributed by atoms with Crippen molar-refractivity contribution in [1.29, 1.82) is 0 Å². The third-order valence-corrected chi connectivity index (χ3v) is 9.70. The molecule has 2 saturated carbocycles. The summed E-state index contributed by atoms with van der Waals surface area (Å²) in [6.45, 7) is 10.6. The molecule has 0 radical (unpaired) electrons. The van der Waals surface area contributed by atoms with Crippen molar-refractivity contribution in [3.05, 3.63) is 11.1 Å². The Labute approximate surface area is 175 Å². The predicted octanol–water partition coefficient (Wildman–Crippen LogP) is 1.92. The monoisotopic (exact) mass is 416 g/mol. The van der Waals surface area contributed by atoms with Crippen molar-refractivity contribution >= 4 is 11.9 Å². The third kappa shape index (κ3) is 1.53. The standard InChI is InChI=1S/C23H28O7/c1-9(2)21-16(28-21)17-23(30-17)20(5)7-6-12-13(8-26-18(12)25)14(20)10(3)15-22(23,29-15)19(21)27-11(4)24/h9-10,14-17,19H,6-8H2,1-5H3/t10?,14-,15-,16-,17-,19+,20-,21-,22+,23+/m0/s1. The SMILES string of the molecule is CC(=O)O[C@@H]1[C@@]2(C(C)C)O[C@H]2[C@@H]2O[C@]23[C@]12O[C@H]2C(C)[C@H]1C2=C(CC[C@@]13C)C(=O)OC2. The summed E-state index contributed by atoms with van der Waals surface area (Å²) in [6, 6.07) is 0. The van der Waals surface area contributed by atoms with Gasteiger partial charge in [0.05, 0.1) is 6.10 Å². The van der Waals surface area contributed by atoms with Gasteiger partial charge in [-0.2, -0.15) is 0 Å². The number of ether oxygens (including phenoxy) is 5. The van der Waals surface area contributed by atoms with Crippen molar-refractivity contribution in [3.63, 3.8) is 0 Å². The lowest BCUT2D eigenvalue weighted by molar-refractivity contribution is -0.168. The molecule has 0 amide bonds. The van der Waals surface area contributed by atoms with Gasteiger partial charge in [-0.15, -0.1) is 0 Å². The van der Waals surface area contributed by atoms with Gasteiger partial charge in [0.1, 0.15) is 30.0 Å². The van der Waals surface area contributed by atoms with E-state index >= 15 is 0 Å². The van der Waals surface area contributed by atoms with E-state index in [0.717, 1.165) is 17.6 Å². The Morgan fingerprint density at radius 1 is 1.17 bits per heavy atom. The fraction of sp³-hybridized carbons (Fsp3) is 0.826. The minimum Gasteiger partial charge on any atom is -0.458 e. The Kier molecular flexibility index (Phi) is 2.91. The van der Waals surface area contributed by atoms with E-state index in [2.05, 4.69) is 27.7 Å². The summed E-state index contributed by atoms with van der Waals surface area (Å²) in [6.07, 6.45) is 0.822. The van der Waals surface area contributed by atoms with Crippen LogP contribution in [-0.4, -0.2) is 59.8 Å². The lowest BCUT2D eigenvalue weighted by Crippen LogP contribution is -2.71. The van der Waals surface area contributed by atoms with E-state index in [4.69, 9.17) is 23.7 Å². The van der Waals surface area contributed by atoms with Crippen molar-refractivity contribution in [2.75, 3.05) is 6.61 Å². The molecule has 4 aliphatic heterocycles. The highest BCUT2D eigenvalue weighted by Gasteiger charge is 3.02. The van der Waals surface area contributed by atoms with Crippen LogP contribution < -0.4 is 0 Å². The van der Waals surface area contributed by atoms with Crippen molar-refractivity contribution in [3.8, 4) is 0 Å². The van der Waals surface area contributed by atoms with Gasteiger partial charge in [-0.1, -0.05) is 27.7 Å². The second-order valence-electron chi connectivity index (χ2n) is 11.0. The molecule has 162 valence electrons. The molecule has 3 aliphatic carbocycles. The molecular weight excluding hydrogens is 388 g/mol. The van der Waals surface area contributed by atoms with Crippen LogP contribution in [0, 0.1) is 23.2 Å². The summed E-state index contributed by atoms with van der Waals surface area (Å²) in [5, 5.41) is 0. The van der Waals surface area contributed by atoms with Crippen LogP contribution in [0.4, 0.5) is 0 Å². The lowest BCUT2D eigenvalue weighted by atomic mass is 9.44. The number of cyclic esters (lactones) is 1. The van der Waals surface area contributed by atoms with Gasteiger partial charge >= 0.3 is 11.9 Å². The molecule has 4 heterocycles. The zero-order valence-electron chi connectivity index (χ0n) is 18.0. The zero-order chi connectivity index (χ0) is 21.0. The van der Waals surface area contributed by atoms with Gasteiger partial charge in [0.25, 0.3) is 0 Å². The van der Waals surface area contributed by atoms with E-state index in [9.17, 15) is 9.59 Å². The predicted molar refractivity (Wildman–Crippen MR) is 101 cm³/mol. The Morgan fingerprint density at radius 2 is 1.93 bits per heavy atom. The first-order valence-electron chi connectivity index (χ1n) is 11.3. The highest BCUT2D eigenvalue weighted by Crippen LogP contribution is 2.84. The average Bonchev–Trinajstić information content (AvgIpc) is 3.55. The molecular formula is C23H28O7. The summed E-state index contributed by atoms with van der Waals surface area (Å²) in [7, 11) is 0. The van der Waals surface area contributed by atoms with Gasteiger partial charge in [-0.25, -0.2) is 4.79 Å². The maximum Gasteiger partial charge on any atom is 0.334 e. The molecule has 7 aliphatic rings. The highest BCUT2D eigenvalue weighted by atomic mass is 16.8. The Morgan fingerprint density at radius 3 is 2.63 bits per heavy atom. The molecule has 30 heavy (non-hydrogen) atoms. The smallest absolute Gasteiger partial charge is 0.334 e. The molecule has 7 heteroatoms. The first-order valence-corrected chi connectivity index (χ1v) is 11.3. The number of carbonyl (C=O) groups is 2. The molecule has 0 N–H and O–H groups in total. The van der Waals surface area contributed by atoms with Crippen LogP contribution >= 0.6 is 0 Å². The first-order chi connectivity index (χ1) is 14.2. The van der Waals surface area contributed by atoms with Gasteiger partial charge in [-0.05, 0) is 36.2 Å². The van der Waals surface area contributed by atoms with Gasteiger partial charge in [-0.3, -0.25) is 4.79 Å². The molecule has 0 bridgehead atoms. The molecule has 7 rings (SSSR count). The van der Waals surface area contributed by atoms with E-state index in [-0.39, 0.29) is 53.4 Å². The molecule has 2 spiro atoms. The van der Waals surface area contributed by atoms with Gasteiger partial charge in [0.2, 0.25) is 0 Å². The van der Waals surface area contributed by atoms with Crippen molar-refractivity contribution in [2.45, 2.75) is 88.7 Å². The number of hydrogen-bond acceptors (Lipinski definition) is 7. The highest BCUT2D eigenvalue weighted by molar-refractivity contribution is 5.92. The zero-order valence-corrected chi connectivity index (χ0v) is 18.0. The van der Waals surface area contributed by atoms with E-state index < -0.39 is 22.9 Å². The van der Waals surface area contributed by atoms with Gasteiger partial charge < -0.3 is 23.7 Å². The average molecular weight is 416 g/mol. The Bertz CT molecular complexity index is 955. The van der Waals surface area contributed by atoms with E-state index in [1.807, 2.05) is 0 Å². The second-order valence-corrected chi connectivity index (χ2v) is 11.0. The molecule has 10 atom stereocenters. The summed E-state index contributed by atoms with van der Waals surface area (Å²) < 4.78 is 31.1. The molecule has 1 unspecified atom stereocenters. The van der Waals surface area contributed by atoms with Crippen LogP contribution in [0.25, 0.3) is 0 Å². The molecule has 0 aromatic heterocycles. The van der Waals surface area contributed by atoms with Crippen LogP contribution in [0.1, 0.15) is 47.5 Å². The lowest BCUT2D eigenvalue weighted by Gasteiger charge is -2.55. The van der Waals surface area contributed by atoms with E-state index in [0.29, 0.717) is 13.0 Å².